The Labute approximate surface area is 182 Å². The van der Waals surface area contributed by atoms with E-state index in [4.69, 9.17) is 16.3 Å². The molecule has 0 bridgehead atoms. The minimum absolute atomic E-state index is 0.0138. The third kappa shape index (κ3) is 6.30. The van der Waals surface area contributed by atoms with Gasteiger partial charge in [0.1, 0.15) is 0 Å². The van der Waals surface area contributed by atoms with Crippen LogP contribution < -0.4 is 10.2 Å². The summed E-state index contributed by atoms with van der Waals surface area (Å²) in [5.41, 5.74) is 0.601. The lowest BCUT2D eigenvalue weighted by Crippen LogP contribution is -2.48. The van der Waals surface area contributed by atoms with Crippen LogP contribution in [-0.2, 0) is 9.53 Å². The molecular formula is C18H22ClN5O3S2. The van der Waals surface area contributed by atoms with Crippen LogP contribution in [0.25, 0.3) is 0 Å². The summed E-state index contributed by atoms with van der Waals surface area (Å²) >= 11 is 8.81. The van der Waals surface area contributed by atoms with E-state index in [9.17, 15) is 9.59 Å². The van der Waals surface area contributed by atoms with Gasteiger partial charge in [-0.3, -0.25) is 9.59 Å². The summed E-state index contributed by atoms with van der Waals surface area (Å²) in [6.45, 7) is 3.57. The number of amides is 2. The number of benzene rings is 1. The smallest absolute Gasteiger partial charge is 0.254 e. The van der Waals surface area contributed by atoms with E-state index in [1.54, 1.807) is 31.4 Å². The molecule has 0 unspecified atom stereocenters. The minimum atomic E-state index is -0.0584. The molecule has 29 heavy (non-hydrogen) atoms. The molecule has 1 saturated heterocycles. The van der Waals surface area contributed by atoms with E-state index in [1.165, 1.54) is 23.1 Å². The number of ether oxygens (including phenoxy) is 1. The van der Waals surface area contributed by atoms with Gasteiger partial charge < -0.3 is 19.9 Å². The van der Waals surface area contributed by atoms with Gasteiger partial charge in [0.2, 0.25) is 11.0 Å². The molecule has 1 aromatic heterocycles. The van der Waals surface area contributed by atoms with Gasteiger partial charge in [0.05, 0.1) is 12.4 Å². The first-order valence-electron chi connectivity index (χ1n) is 9.08. The summed E-state index contributed by atoms with van der Waals surface area (Å²) in [7, 11) is 1.59. The number of nitrogens with zero attached hydrogens (tertiary/aromatic N) is 4. The van der Waals surface area contributed by atoms with E-state index < -0.39 is 0 Å². The summed E-state index contributed by atoms with van der Waals surface area (Å²) in [6, 6.07) is 7.00. The van der Waals surface area contributed by atoms with Crippen molar-refractivity contribution < 1.29 is 14.3 Å². The summed E-state index contributed by atoms with van der Waals surface area (Å²) in [4.78, 5) is 28.3. The number of anilines is 1. The van der Waals surface area contributed by atoms with E-state index in [2.05, 4.69) is 20.4 Å². The quantitative estimate of drug-likeness (QED) is 0.481. The van der Waals surface area contributed by atoms with Gasteiger partial charge in [0.15, 0.2) is 4.34 Å². The molecule has 1 fully saturated rings. The maximum atomic E-state index is 12.6. The number of hydrogen-bond acceptors (Lipinski definition) is 8. The van der Waals surface area contributed by atoms with Gasteiger partial charge in [-0.15, -0.1) is 10.2 Å². The minimum Gasteiger partial charge on any atom is -0.383 e. The van der Waals surface area contributed by atoms with E-state index in [0.29, 0.717) is 55.7 Å². The first-order chi connectivity index (χ1) is 14.1. The van der Waals surface area contributed by atoms with Crippen LogP contribution in [0, 0.1) is 0 Å². The molecular weight excluding hydrogens is 434 g/mol. The van der Waals surface area contributed by atoms with Crippen molar-refractivity contribution in [3.05, 3.63) is 34.9 Å². The Hall–Kier alpha value is -1.88. The fourth-order valence-electron chi connectivity index (χ4n) is 2.76. The van der Waals surface area contributed by atoms with Crippen LogP contribution >= 0.6 is 34.7 Å². The number of rotatable bonds is 8. The summed E-state index contributed by atoms with van der Waals surface area (Å²) in [5.74, 6) is 0.220. The third-order valence-electron chi connectivity index (χ3n) is 4.26. The van der Waals surface area contributed by atoms with Crippen LogP contribution in [-0.4, -0.2) is 79.1 Å². The van der Waals surface area contributed by atoms with Crippen LogP contribution in [0.1, 0.15) is 10.4 Å². The average molecular weight is 456 g/mol. The van der Waals surface area contributed by atoms with E-state index >= 15 is 0 Å². The number of carbonyl (C=O) groups is 2. The highest BCUT2D eigenvalue weighted by atomic mass is 35.5. The zero-order chi connectivity index (χ0) is 20.6. The molecule has 1 aliphatic rings. The normalized spacial score (nSPS) is 14.1. The van der Waals surface area contributed by atoms with E-state index in [1.807, 2.05) is 4.90 Å². The molecule has 2 aromatic rings. The number of carbonyl (C=O) groups excluding carboxylic acids is 2. The number of aromatic nitrogens is 2. The Morgan fingerprint density at radius 3 is 2.79 bits per heavy atom. The molecule has 3 rings (SSSR count). The molecule has 8 nitrogen and oxygen atoms in total. The highest BCUT2D eigenvalue weighted by molar-refractivity contribution is 8.01. The second-order valence-corrected chi connectivity index (χ2v) is 8.89. The van der Waals surface area contributed by atoms with Crippen molar-refractivity contribution in [1.82, 2.24) is 20.4 Å². The van der Waals surface area contributed by atoms with Crippen molar-refractivity contribution in [3.8, 4) is 0 Å². The topological polar surface area (TPSA) is 87.7 Å². The molecule has 1 aromatic carbocycles. The SMILES string of the molecule is COCCNC(=O)CSc1nnc(N2CCN(C(=O)c3cccc(Cl)c3)CC2)s1. The van der Waals surface area contributed by atoms with Crippen LogP contribution in [0.5, 0.6) is 0 Å². The van der Waals surface area contributed by atoms with Crippen molar-refractivity contribution in [2.45, 2.75) is 4.34 Å². The van der Waals surface area contributed by atoms with Gasteiger partial charge in [-0.25, -0.2) is 0 Å². The van der Waals surface area contributed by atoms with E-state index in [0.717, 1.165) is 9.47 Å². The molecule has 1 aliphatic heterocycles. The molecule has 0 radical (unpaired) electrons. The predicted octanol–water partition coefficient (Wildman–Crippen LogP) is 2.01. The maximum absolute atomic E-state index is 12.6. The maximum Gasteiger partial charge on any atom is 0.254 e. The van der Waals surface area contributed by atoms with Crippen LogP contribution in [0.15, 0.2) is 28.6 Å². The van der Waals surface area contributed by atoms with Crippen molar-refractivity contribution in [1.29, 1.82) is 0 Å². The molecule has 11 heteroatoms. The van der Waals surface area contributed by atoms with Crippen molar-refractivity contribution in [2.24, 2.45) is 0 Å². The standard InChI is InChI=1S/C18H22ClN5O3S2/c1-27-10-5-20-15(25)12-28-18-22-21-17(29-18)24-8-6-23(7-9-24)16(26)13-3-2-4-14(19)11-13/h2-4,11H,5-10,12H2,1H3,(H,20,25). The Morgan fingerprint density at radius 1 is 1.28 bits per heavy atom. The summed E-state index contributed by atoms with van der Waals surface area (Å²) < 4.78 is 5.65. The fourth-order valence-corrected chi connectivity index (χ4v) is 4.68. The number of piperazine rings is 1. The van der Waals surface area contributed by atoms with Gasteiger partial charge in [-0.05, 0) is 18.2 Å². The lowest BCUT2D eigenvalue weighted by Gasteiger charge is -2.34. The Bertz CT molecular complexity index is 842. The number of halogens is 1. The highest BCUT2D eigenvalue weighted by Gasteiger charge is 2.24. The van der Waals surface area contributed by atoms with Crippen molar-refractivity contribution >= 4 is 51.6 Å². The van der Waals surface area contributed by atoms with Crippen LogP contribution in [0.4, 0.5) is 5.13 Å². The number of methoxy groups -OCH3 is 1. The molecule has 0 spiro atoms. The van der Waals surface area contributed by atoms with Crippen LogP contribution in [0.3, 0.4) is 0 Å². The number of hydrogen-bond donors (Lipinski definition) is 1. The highest BCUT2D eigenvalue weighted by Crippen LogP contribution is 2.28. The lowest BCUT2D eigenvalue weighted by atomic mass is 10.2. The first-order valence-corrected chi connectivity index (χ1v) is 11.3. The zero-order valence-electron chi connectivity index (χ0n) is 16.0. The van der Waals surface area contributed by atoms with Crippen LogP contribution in [0.2, 0.25) is 5.02 Å². The van der Waals surface area contributed by atoms with Crippen molar-refractivity contribution in [2.75, 3.05) is 57.1 Å². The van der Waals surface area contributed by atoms with Gasteiger partial charge in [0, 0.05) is 50.4 Å². The van der Waals surface area contributed by atoms with Gasteiger partial charge in [-0.2, -0.15) is 0 Å². The van der Waals surface area contributed by atoms with E-state index in [-0.39, 0.29) is 11.8 Å². The average Bonchev–Trinajstić information content (AvgIpc) is 3.21. The second kappa shape index (κ2) is 10.8. The molecule has 156 valence electrons. The third-order valence-corrected chi connectivity index (χ3v) is 6.61. The van der Waals surface area contributed by atoms with Gasteiger partial charge in [0.25, 0.3) is 5.91 Å². The van der Waals surface area contributed by atoms with Gasteiger partial charge in [-0.1, -0.05) is 40.8 Å². The Morgan fingerprint density at radius 2 is 2.07 bits per heavy atom. The predicted molar refractivity (Wildman–Crippen MR) is 115 cm³/mol. The summed E-state index contributed by atoms with van der Waals surface area (Å²) in [5, 5.41) is 12.5. The molecule has 2 heterocycles. The largest absolute Gasteiger partial charge is 0.383 e. The molecule has 1 N–H and O–H groups in total. The Balaban J connectivity index is 1.46. The lowest BCUT2D eigenvalue weighted by molar-refractivity contribution is -0.118. The summed E-state index contributed by atoms with van der Waals surface area (Å²) in [6.07, 6.45) is 0. The first kappa shape index (κ1) is 21.8. The monoisotopic (exact) mass is 455 g/mol. The molecule has 2 amide bonds. The molecule has 0 atom stereocenters. The Kier molecular flexibility index (Phi) is 8.10. The second-order valence-electron chi connectivity index (χ2n) is 6.27. The zero-order valence-corrected chi connectivity index (χ0v) is 18.4. The molecule has 0 saturated carbocycles. The van der Waals surface area contributed by atoms with Crippen molar-refractivity contribution in [3.63, 3.8) is 0 Å². The molecule has 0 aliphatic carbocycles. The van der Waals surface area contributed by atoms with Gasteiger partial charge >= 0.3 is 0 Å². The number of nitrogens with one attached hydrogen (secondary N) is 1. The number of thioether (sulfide) groups is 1. The fraction of sp³-hybridized carbons (Fsp3) is 0.444.